The fraction of sp³-hybridized carbons (Fsp3) is 0.200. The summed E-state index contributed by atoms with van der Waals surface area (Å²) in [6, 6.07) is 7.09. The average molecular weight is 548 g/mol. The molecule has 0 saturated heterocycles. The molecule has 37 heavy (non-hydrogen) atoms. The maximum Gasteiger partial charge on any atom is 0.262 e. The first kappa shape index (κ1) is 26.5. The van der Waals surface area contributed by atoms with Crippen molar-refractivity contribution in [3.63, 3.8) is 0 Å². The molecule has 0 saturated carbocycles. The van der Waals surface area contributed by atoms with Crippen LogP contribution in [0.25, 0.3) is 22.3 Å². The van der Waals surface area contributed by atoms with Gasteiger partial charge in [-0.05, 0) is 50.6 Å². The van der Waals surface area contributed by atoms with E-state index in [9.17, 15) is 17.7 Å². The van der Waals surface area contributed by atoms with Crippen LogP contribution >= 0.6 is 18.7 Å². The number of fused-ring (bicyclic) bond motifs is 1. The quantitative estimate of drug-likeness (QED) is 0.220. The third-order valence-electron chi connectivity index (χ3n) is 5.60. The van der Waals surface area contributed by atoms with E-state index in [0.717, 1.165) is 18.2 Å². The number of benzene rings is 1. The molecule has 0 aliphatic carbocycles. The lowest BCUT2D eigenvalue weighted by molar-refractivity contribution is 0.123. The van der Waals surface area contributed by atoms with Crippen LogP contribution in [0.1, 0.15) is 22.9 Å². The number of alkyl halides is 2. The number of rotatable bonds is 6. The van der Waals surface area contributed by atoms with Crippen LogP contribution < -0.4 is 10.8 Å². The minimum atomic E-state index is -3.11. The Bertz CT molecular complexity index is 1600. The molecule has 1 aromatic carbocycles. The maximum absolute atomic E-state index is 15.1. The third-order valence-corrected chi connectivity index (χ3v) is 7.43. The van der Waals surface area contributed by atoms with Gasteiger partial charge in [-0.1, -0.05) is 11.6 Å². The molecule has 0 radical (unpaired) electrons. The van der Waals surface area contributed by atoms with E-state index in [-0.39, 0.29) is 44.3 Å². The standard InChI is InChI=1S/C25H19ClF4N5OP/c1-12-20(26)24(35-22(25(29)30)15-8-13(10-31)4-6-16(15)27)23-18(33-12)9-17(28)21(34-23)14-5-7-19(32-11-14)37(2,3)36/h4-9,11,22,25H,1-3H3,(H,33,35)/t22-/m0/s1. The summed E-state index contributed by atoms with van der Waals surface area (Å²) in [5, 5.41) is 11.6. The van der Waals surface area contributed by atoms with Crippen LogP contribution in [0.4, 0.5) is 23.2 Å². The van der Waals surface area contributed by atoms with Crippen molar-refractivity contribution < 1.29 is 22.1 Å². The molecule has 0 aliphatic rings. The molecule has 1 atom stereocenters. The van der Waals surface area contributed by atoms with Crippen molar-refractivity contribution in [3.05, 3.63) is 76.1 Å². The first-order chi connectivity index (χ1) is 17.4. The Labute approximate surface area is 214 Å². The van der Waals surface area contributed by atoms with Gasteiger partial charge in [0, 0.05) is 23.4 Å². The second-order valence-electron chi connectivity index (χ2n) is 8.63. The van der Waals surface area contributed by atoms with Crippen molar-refractivity contribution in [1.82, 2.24) is 15.0 Å². The predicted octanol–water partition coefficient (Wildman–Crippen LogP) is 6.47. The second-order valence-corrected chi connectivity index (χ2v) is 12.2. The molecule has 3 heterocycles. The molecule has 0 amide bonds. The average Bonchev–Trinajstić information content (AvgIpc) is 2.84. The minimum absolute atomic E-state index is 0.00662. The number of aryl methyl sites for hydroxylation is 1. The number of nitrogens with one attached hydrogen (secondary N) is 1. The van der Waals surface area contributed by atoms with Gasteiger partial charge >= 0.3 is 0 Å². The maximum atomic E-state index is 15.1. The van der Waals surface area contributed by atoms with Crippen molar-refractivity contribution >= 4 is 40.9 Å². The Kier molecular flexibility index (Phi) is 7.22. The first-order valence-electron chi connectivity index (χ1n) is 10.8. The molecule has 6 nitrogen and oxygen atoms in total. The Hall–Kier alpha value is -3.54. The van der Waals surface area contributed by atoms with Gasteiger partial charge in [-0.25, -0.2) is 27.5 Å². The zero-order valence-electron chi connectivity index (χ0n) is 19.7. The second kappa shape index (κ2) is 10.1. The number of hydrogen-bond donors (Lipinski definition) is 1. The van der Waals surface area contributed by atoms with Gasteiger partial charge in [-0.2, -0.15) is 5.26 Å². The largest absolute Gasteiger partial charge is 0.370 e. The first-order valence-corrected chi connectivity index (χ1v) is 13.8. The van der Waals surface area contributed by atoms with Crippen molar-refractivity contribution in [2.45, 2.75) is 19.4 Å². The number of anilines is 1. The predicted molar refractivity (Wildman–Crippen MR) is 135 cm³/mol. The van der Waals surface area contributed by atoms with Crippen molar-refractivity contribution in [2.24, 2.45) is 0 Å². The summed E-state index contributed by atoms with van der Waals surface area (Å²) in [4.78, 5) is 12.7. The smallest absolute Gasteiger partial charge is 0.262 e. The summed E-state index contributed by atoms with van der Waals surface area (Å²) in [5.41, 5.74) is 0.0809. The van der Waals surface area contributed by atoms with Gasteiger partial charge in [0.25, 0.3) is 6.43 Å². The van der Waals surface area contributed by atoms with Gasteiger partial charge in [0.15, 0.2) is 5.82 Å². The summed E-state index contributed by atoms with van der Waals surface area (Å²) >= 11 is 6.42. The van der Waals surface area contributed by atoms with E-state index in [0.29, 0.717) is 5.44 Å². The summed E-state index contributed by atoms with van der Waals surface area (Å²) in [6.07, 6.45) is -1.80. The van der Waals surface area contributed by atoms with Crippen LogP contribution in [0.2, 0.25) is 5.02 Å². The fourth-order valence-electron chi connectivity index (χ4n) is 3.73. The molecule has 0 unspecified atom stereocenters. The van der Waals surface area contributed by atoms with Crippen molar-refractivity contribution in [1.29, 1.82) is 5.26 Å². The number of pyridine rings is 3. The molecule has 12 heteroatoms. The molecule has 4 aromatic rings. The lowest BCUT2D eigenvalue weighted by Crippen LogP contribution is -2.21. The Morgan fingerprint density at radius 1 is 1.08 bits per heavy atom. The van der Waals surface area contributed by atoms with Crippen LogP contribution in [-0.4, -0.2) is 34.7 Å². The molecule has 3 aromatic heterocycles. The van der Waals surface area contributed by atoms with Crippen LogP contribution in [0.15, 0.2) is 42.6 Å². The number of hydrogen-bond acceptors (Lipinski definition) is 6. The van der Waals surface area contributed by atoms with E-state index in [1.165, 1.54) is 31.3 Å². The third kappa shape index (κ3) is 5.29. The number of nitriles is 1. The van der Waals surface area contributed by atoms with Crippen LogP contribution in [-0.2, 0) is 4.57 Å². The monoisotopic (exact) mass is 547 g/mol. The molecule has 0 fully saturated rings. The normalized spacial score (nSPS) is 12.5. The lowest BCUT2D eigenvalue weighted by Gasteiger charge is -2.22. The van der Waals surface area contributed by atoms with Crippen LogP contribution in [0.3, 0.4) is 0 Å². The van der Waals surface area contributed by atoms with E-state index in [1.807, 2.05) is 0 Å². The number of halogens is 5. The van der Waals surface area contributed by atoms with E-state index < -0.39 is 36.8 Å². The van der Waals surface area contributed by atoms with Gasteiger partial charge in [0.1, 0.15) is 30.2 Å². The van der Waals surface area contributed by atoms with Crippen molar-refractivity contribution in [2.75, 3.05) is 18.6 Å². The Morgan fingerprint density at radius 2 is 1.81 bits per heavy atom. The van der Waals surface area contributed by atoms with E-state index in [4.69, 9.17) is 16.9 Å². The molecule has 4 rings (SSSR count). The summed E-state index contributed by atoms with van der Waals surface area (Å²) < 4.78 is 70.2. The van der Waals surface area contributed by atoms with Gasteiger partial charge in [-0.3, -0.25) is 4.98 Å². The van der Waals surface area contributed by atoms with E-state index >= 15 is 4.39 Å². The van der Waals surface area contributed by atoms with Gasteiger partial charge in [-0.15, -0.1) is 0 Å². The highest BCUT2D eigenvalue weighted by molar-refractivity contribution is 7.69. The number of aromatic nitrogens is 3. The van der Waals surface area contributed by atoms with E-state index in [1.54, 1.807) is 19.4 Å². The number of nitrogens with zero attached hydrogens (tertiary/aromatic N) is 4. The van der Waals surface area contributed by atoms with Gasteiger partial charge < -0.3 is 9.88 Å². The Balaban J connectivity index is 1.89. The summed E-state index contributed by atoms with van der Waals surface area (Å²) in [7, 11) is -2.65. The highest BCUT2D eigenvalue weighted by Crippen LogP contribution is 2.38. The lowest BCUT2D eigenvalue weighted by atomic mass is 10.0. The summed E-state index contributed by atoms with van der Waals surface area (Å²) in [5.74, 6) is -1.70. The zero-order chi connectivity index (χ0) is 27.1. The zero-order valence-corrected chi connectivity index (χ0v) is 21.4. The molecular formula is C25H19ClF4N5OP. The Morgan fingerprint density at radius 3 is 2.41 bits per heavy atom. The topological polar surface area (TPSA) is 91.6 Å². The SMILES string of the molecule is Cc1nc2cc(F)c(-c3ccc(P(C)(C)=O)nc3)nc2c(N[C@@H](c2cc(C#N)ccc2F)C(F)F)c1Cl. The van der Waals surface area contributed by atoms with Gasteiger partial charge in [0.05, 0.1) is 39.0 Å². The molecule has 190 valence electrons. The molecule has 0 aliphatic heterocycles. The van der Waals surface area contributed by atoms with E-state index in [2.05, 4.69) is 20.3 Å². The van der Waals surface area contributed by atoms with Gasteiger partial charge in [0.2, 0.25) is 0 Å². The highest BCUT2D eigenvalue weighted by Gasteiger charge is 2.29. The molecular weight excluding hydrogens is 529 g/mol. The minimum Gasteiger partial charge on any atom is -0.370 e. The van der Waals surface area contributed by atoms with Crippen LogP contribution in [0, 0.1) is 29.9 Å². The molecule has 0 spiro atoms. The highest BCUT2D eigenvalue weighted by atomic mass is 35.5. The fourth-order valence-corrected chi connectivity index (χ4v) is 4.68. The molecule has 1 N–H and O–H groups in total. The summed E-state index contributed by atoms with van der Waals surface area (Å²) in [6.45, 7) is 4.60. The molecule has 0 bridgehead atoms. The van der Waals surface area contributed by atoms with Crippen LogP contribution in [0.5, 0.6) is 0 Å². The van der Waals surface area contributed by atoms with Crippen molar-refractivity contribution in [3.8, 4) is 17.3 Å².